The fourth-order valence-electron chi connectivity index (χ4n) is 1.41. The predicted octanol–water partition coefficient (Wildman–Crippen LogP) is 1.07. The molecule has 0 bridgehead atoms. The molecule has 0 atom stereocenters. The van der Waals surface area contributed by atoms with E-state index in [9.17, 15) is 4.79 Å². The van der Waals surface area contributed by atoms with Crippen LogP contribution in [0.4, 0.5) is 5.82 Å². The number of carbonyl (C=O) groups excluding carboxylic acids is 1. The first-order chi connectivity index (χ1) is 7.67. The third kappa shape index (κ3) is 3.49. The summed E-state index contributed by atoms with van der Waals surface area (Å²) < 4.78 is 0. The Morgan fingerprint density at radius 1 is 1.44 bits per heavy atom. The lowest BCUT2D eigenvalue weighted by Gasteiger charge is -2.18. The Hall–Kier alpha value is -1.65. The van der Waals surface area contributed by atoms with Crippen molar-refractivity contribution in [1.29, 1.82) is 0 Å². The van der Waals surface area contributed by atoms with E-state index in [4.69, 9.17) is 0 Å². The second-order valence-electron chi connectivity index (χ2n) is 3.41. The maximum Gasteiger partial charge on any atom is 0.241 e. The Labute approximate surface area is 95.9 Å². The average Bonchev–Trinajstić information content (AvgIpc) is 2.28. The molecule has 5 nitrogen and oxygen atoms in total. The molecule has 0 spiro atoms. The van der Waals surface area contributed by atoms with Crippen LogP contribution in [0.25, 0.3) is 0 Å². The molecule has 0 saturated carbocycles. The highest BCUT2D eigenvalue weighted by atomic mass is 16.2. The summed E-state index contributed by atoms with van der Waals surface area (Å²) in [5, 5.41) is 2.99. The van der Waals surface area contributed by atoms with Crippen LogP contribution in [0.1, 0.15) is 19.7 Å². The second kappa shape index (κ2) is 6.05. The molecule has 0 aliphatic carbocycles. The van der Waals surface area contributed by atoms with Crippen LogP contribution in [-0.2, 0) is 4.79 Å². The molecule has 0 saturated heterocycles. The van der Waals surface area contributed by atoms with E-state index < -0.39 is 0 Å². The molecular weight excluding hydrogens is 204 g/mol. The van der Waals surface area contributed by atoms with Gasteiger partial charge in [-0.25, -0.2) is 9.97 Å². The molecule has 16 heavy (non-hydrogen) atoms. The number of hydrogen-bond donors (Lipinski definition) is 1. The van der Waals surface area contributed by atoms with Gasteiger partial charge in [-0.2, -0.15) is 0 Å². The molecule has 0 aliphatic rings. The van der Waals surface area contributed by atoms with Gasteiger partial charge < -0.3 is 10.2 Å². The van der Waals surface area contributed by atoms with Crippen LogP contribution in [0.5, 0.6) is 0 Å². The monoisotopic (exact) mass is 222 g/mol. The highest BCUT2D eigenvalue weighted by molar-refractivity contribution is 5.80. The topological polar surface area (TPSA) is 58.1 Å². The average molecular weight is 222 g/mol. The Morgan fingerprint density at radius 3 is 2.69 bits per heavy atom. The van der Waals surface area contributed by atoms with Crippen LogP contribution in [0.15, 0.2) is 12.3 Å². The van der Waals surface area contributed by atoms with Gasteiger partial charge in [0, 0.05) is 19.3 Å². The van der Waals surface area contributed by atoms with Crippen LogP contribution in [0.3, 0.4) is 0 Å². The molecule has 1 amide bonds. The van der Waals surface area contributed by atoms with E-state index in [0.717, 1.165) is 13.1 Å². The van der Waals surface area contributed by atoms with Crippen LogP contribution in [0.2, 0.25) is 0 Å². The predicted molar refractivity (Wildman–Crippen MR) is 63.2 cm³/mol. The van der Waals surface area contributed by atoms with Gasteiger partial charge in [0.2, 0.25) is 5.91 Å². The Balaban J connectivity index is 2.48. The van der Waals surface area contributed by atoms with E-state index in [1.54, 1.807) is 17.2 Å². The molecule has 0 aliphatic heterocycles. The van der Waals surface area contributed by atoms with Crippen molar-refractivity contribution in [2.75, 3.05) is 25.0 Å². The van der Waals surface area contributed by atoms with Crippen LogP contribution < -0.4 is 5.32 Å². The molecule has 0 fully saturated rings. The minimum absolute atomic E-state index is 0.0845. The van der Waals surface area contributed by atoms with Crippen molar-refractivity contribution in [2.24, 2.45) is 0 Å². The number of likely N-dealkylation sites (N-methyl/N-ethyl adjacent to an activating group) is 1. The normalized spacial score (nSPS) is 9.94. The lowest BCUT2D eigenvalue weighted by atomic mass is 10.4. The number of aryl methyl sites for hydroxylation is 1. The Kier molecular flexibility index (Phi) is 4.69. The van der Waals surface area contributed by atoms with Crippen molar-refractivity contribution in [3.8, 4) is 0 Å². The van der Waals surface area contributed by atoms with Crippen LogP contribution in [0, 0.1) is 6.92 Å². The molecule has 0 radical (unpaired) electrons. The van der Waals surface area contributed by atoms with E-state index in [2.05, 4.69) is 15.3 Å². The van der Waals surface area contributed by atoms with Gasteiger partial charge in [-0.15, -0.1) is 0 Å². The fourth-order valence-corrected chi connectivity index (χ4v) is 1.41. The third-order valence-electron chi connectivity index (χ3n) is 2.31. The van der Waals surface area contributed by atoms with Crippen molar-refractivity contribution in [3.63, 3.8) is 0 Å². The largest absolute Gasteiger partial charge is 0.361 e. The molecule has 1 heterocycles. The van der Waals surface area contributed by atoms with Crippen molar-refractivity contribution >= 4 is 11.7 Å². The summed E-state index contributed by atoms with van der Waals surface area (Å²) in [6, 6.07) is 1.75. The molecule has 1 aromatic rings. The minimum Gasteiger partial charge on any atom is -0.361 e. The number of aromatic nitrogens is 2. The van der Waals surface area contributed by atoms with Gasteiger partial charge in [-0.1, -0.05) is 0 Å². The first-order valence-electron chi connectivity index (χ1n) is 5.48. The summed E-state index contributed by atoms with van der Waals surface area (Å²) in [5.74, 6) is 1.47. The van der Waals surface area contributed by atoms with E-state index in [0.29, 0.717) is 11.6 Å². The highest BCUT2D eigenvalue weighted by Crippen LogP contribution is 2.00. The zero-order valence-electron chi connectivity index (χ0n) is 10.0. The quantitative estimate of drug-likeness (QED) is 0.809. The maximum absolute atomic E-state index is 11.7. The number of nitrogens with one attached hydrogen (secondary N) is 1. The molecule has 5 heteroatoms. The van der Waals surface area contributed by atoms with E-state index >= 15 is 0 Å². The summed E-state index contributed by atoms with van der Waals surface area (Å²) in [6.07, 6.45) is 1.67. The summed E-state index contributed by atoms with van der Waals surface area (Å²) in [6.45, 7) is 7.50. The fraction of sp³-hybridized carbons (Fsp3) is 0.545. The zero-order valence-corrected chi connectivity index (χ0v) is 10.0. The lowest BCUT2D eigenvalue weighted by Crippen LogP contribution is -2.35. The lowest BCUT2D eigenvalue weighted by molar-refractivity contribution is -0.128. The maximum atomic E-state index is 11.7. The smallest absolute Gasteiger partial charge is 0.241 e. The minimum atomic E-state index is 0.0845. The number of nitrogens with zero attached hydrogens (tertiary/aromatic N) is 3. The SMILES string of the molecule is CCN(CC)C(=O)CNc1ccnc(C)n1. The van der Waals surface area contributed by atoms with Gasteiger partial charge in [0.25, 0.3) is 0 Å². The number of anilines is 1. The van der Waals surface area contributed by atoms with Gasteiger partial charge in [0.15, 0.2) is 0 Å². The number of amides is 1. The van der Waals surface area contributed by atoms with Crippen molar-refractivity contribution in [3.05, 3.63) is 18.1 Å². The molecule has 1 N–H and O–H groups in total. The summed E-state index contributed by atoms with van der Waals surface area (Å²) in [4.78, 5) is 21.6. The van der Waals surface area contributed by atoms with Gasteiger partial charge in [-0.3, -0.25) is 4.79 Å². The number of hydrogen-bond acceptors (Lipinski definition) is 4. The standard InChI is InChI=1S/C11H18N4O/c1-4-15(5-2)11(16)8-13-10-6-7-12-9(3)14-10/h6-7H,4-5,8H2,1-3H3,(H,12,13,14). The molecular formula is C11H18N4O. The summed E-state index contributed by atoms with van der Waals surface area (Å²) >= 11 is 0. The van der Waals surface area contributed by atoms with Crippen molar-refractivity contribution in [1.82, 2.24) is 14.9 Å². The number of rotatable bonds is 5. The van der Waals surface area contributed by atoms with Crippen LogP contribution >= 0.6 is 0 Å². The Bertz CT molecular complexity index is 350. The zero-order chi connectivity index (χ0) is 12.0. The van der Waals surface area contributed by atoms with Crippen molar-refractivity contribution in [2.45, 2.75) is 20.8 Å². The number of carbonyl (C=O) groups is 1. The van der Waals surface area contributed by atoms with Gasteiger partial charge in [0.1, 0.15) is 11.6 Å². The Morgan fingerprint density at radius 2 is 2.12 bits per heavy atom. The summed E-state index contributed by atoms with van der Waals surface area (Å²) in [7, 11) is 0. The van der Waals surface area contributed by atoms with Gasteiger partial charge >= 0.3 is 0 Å². The first kappa shape index (κ1) is 12.4. The van der Waals surface area contributed by atoms with Crippen molar-refractivity contribution < 1.29 is 4.79 Å². The molecule has 1 aromatic heterocycles. The van der Waals surface area contributed by atoms with Gasteiger partial charge in [-0.05, 0) is 26.8 Å². The molecule has 0 unspecified atom stereocenters. The molecule has 88 valence electrons. The van der Waals surface area contributed by atoms with E-state index in [1.807, 2.05) is 20.8 Å². The van der Waals surface area contributed by atoms with Crippen LogP contribution in [-0.4, -0.2) is 40.4 Å². The second-order valence-corrected chi connectivity index (χ2v) is 3.41. The van der Waals surface area contributed by atoms with Gasteiger partial charge in [0.05, 0.1) is 6.54 Å². The van der Waals surface area contributed by atoms with E-state index in [1.165, 1.54) is 0 Å². The van der Waals surface area contributed by atoms with E-state index in [-0.39, 0.29) is 12.5 Å². The molecule has 1 rings (SSSR count). The first-order valence-corrected chi connectivity index (χ1v) is 5.48. The summed E-state index contributed by atoms with van der Waals surface area (Å²) in [5.41, 5.74) is 0. The highest BCUT2D eigenvalue weighted by Gasteiger charge is 2.08. The third-order valence-corrected chi connectivity index (χ3v) is 2.31. The molecule has 0 aromatic carbocycles.